The van der Waals surface area contributed by atoms with Gasteiger partial charge in [0.15, 0.2) is 0 Å². The molecule has 0 bridgehead atoms. The zero-order valence-corrected chi connectivity index (χ0v) is 9.10. The average Bonchev–Trinajstić information content (AvgIpc) is 2.04. The van der Waals surface area contributed by atoms with Gasteiger partial charge in [-0.3, -0.25) is 0 Å². The molecule has 0 aromatic heterocycles. The lowest BCUT2D eigenvalue weighted by Crippen LogP contribution is -2.40. The molecule has 0 amide bonds. The van der Waals surface area contributed by atoms with Crippen LogP contribution in [0.5, 0.6) is 0 Å². The zero-order valence-electron chi connectivity index (χ0n) is 7.51. The van der Waals surface area contributed by atoms with Gasteiger partial charge in [0.05, 0.1) is 19.3 Å². The second-order valence-corrected chi connectivity index (χ2v) is 4.20. The predicted octanol–water partition coefficient (Wildman–Crippen LogP) is 2.57. The van der Waals surface area contributed by atoms with Crippen molar-refractivity contribution < 1.29 is 4.74 Å². The van der Waals surface area contributed by atoms with Gasteiger partial charge in [-0.1, -0.05) is 15.9 Å². The second-order valence-electron chi connectivity index (χ2n) is 3.34. The summed E-state index contributed by atoms with van der Waals surface area (Å²) in [7, 11) is 0. The Bertz CT molecular complexity index is 310. The summed E-state index contributed by atoms with van der Waals surface area (Å²) < 4.78 is 6.24. The smallest absolute Gasteiger partial charge is 0.0728 e. The van der Waals surface area contributed by atoms with Crippen LogP contribution in [0.25, 0.3) is 0 Å². The molecule has 1 aromatic rings. The molecule has 0 saturated carbocycles. The molecule has 0 unspecified atom stereocenters. The van der Waals surface area contributed by atoms with E-state index in [-0.39, 0.29) is 0 Å². The molecule has 13 heavy (non-hydrogen) atoms. The first-order chi connectivity index (χ1) is 6.25. The molecule has 1 saturated heterocycles. The van der Waals surface area contributed by atoms with E-state index in [4.69, 9.17) is 4.74 Å². The van der Waals surface area contributed by atoms with Crippen LogP contribution in [0.3, 0.4) is 0 Å². The molecule has 2 rings (SSSR count). The number of halogens is 1. The summed E-state index contributed by atoms with van der Waals surface area (Å²) in [6.45, 7) is 3.75. The van der Waals surface area contributed by atoms with Gasteiger partial charge in [0.2, 0.25) is 0 Å². The molecule has 0 atom stereocenters. The first-order valence-corrected chi connectivity index (χ1v) is 5.15. The van der Waals surface area contributed by atoms with E-state index in [0.717, 1.165) is 17.7 Å². The predicted molar refractivity (Wildman–Crippen MR) is 57.1 cm³/mol. The van der Waals surface area contributed by atoms with Crippen LogP contribution in [0.4, 0.5) is 5.69 Å². The lowest BCUT2D eigenvalue weighted by Gasteiger charge is -2.28. The highest BCUT2D eigenvalue weighted by atomic mass is 79.9. The summed E-state index contributed by atoms with van der Waals surface area (Å²) in [5.74, 6) is 0. The van der Waals surface area contributed by atoms with Crippen LogP contribution < -0.4 is 5.32 Å². The fraction of sp³-hybridized carbons (Fsp3) is 0.400. The van der Waals surface area contributed by atoms with Crippen molar-refractivity contribution in [3.8, 4) is 0 Å². The summed E-state index contributed by atoms with van der Waals surface area (Å²) >= 11 is 3.47. The monoisotopic (exact) mass is 241 g/mol. The Kier molecular flexibility index (Phi) is 2.56. The molecule has 1 heterocycles. The number of ether oxygens (including phenoxy) is 1. The summed E-state index contributed by atoms with van der Waals surface area (Å²) in [6.07, 6.45) is 0. The lowest BCUT2D eigenvalue weighted by molar-refractivity contribution is 0.0211. The van der Waals surface area contributed by atoms with Gasteiger partial charge >= 0.3 is 0 Å². The molecular weight excluding hydrogens is 230 g/mol. The maximum Gasteiger partial charge on any atom is 0.0728 e. The van der Waals surface area contributed by atoms with Crippen molar-refractivity contribution in [2.75, 3.05) is 18.5 Å². The Labute approximate surface area is 86.4 Å². The zero-order chi connectivity index (χ0) is 9.26. The van der Waals surface area contributed by atoms with Gasteiger partial charge in [-0.25, -0.2) is 0 Å². The molecular formula is C10H12BrNO. The van der Waals surface area contributed by atoms with Crippen LogP contribution in [-0.4, -0.2) is 19.3 Å². The Morgan fingerprint density at radius 3 is 2.77 bits per heavy atom. The standard InChI is InChI=1S/C10H12BrNO/c1-7-4-8(2-3-10(7)11)12-9-5-13-6-9/h2-4,9,12H,5-6H2,1H3. The molecule has 0 aliphatic carbocycles. The number of aryl methyl sites for hydroxylation is 1. The Morgan fingerprint density at radius 1 is 1.46 bits per heavy atom. The third-order valence-corrected chi connectivity index (χ3v) is 3.06. The summed E-state index contributed by atoms with van der Waals surface area (Å²) in [5.41, 5.74) is 2.43. The van der Waals surface area contributed by atoms with Crippen LogP contribution >= 0.6 is 15.9 Å². The maximum atomic E-state index is 5.09. The molecule has 2 nitrogen and oxygen atoms in total. The van der Waals surface area contributed by atoms with E-state index in [0.29, 0.717) is 6.04 Å². The van der Waals surface area contributed by atoms with Gasteiger partial charge < -0.3 is 10.1 Å². The van der Waals surface area contributed by atoms with Gasteiger partial charge in [0.25, 0.3) is 0 Å². The molecule has 1 aliphatic heterocycles. The number of benzene rings is 1. The summed E-state index contributed by atoms with van der Waals surface area (Å²) in [6, 6.07) is 6.79. The summed E-state index contributed by atoms with van der Waals surface area (Å²) in [4.78, 5) is 0. The van der Waals surface area contributed by atoms with Crippen LogP contribution in [0.1, 0.15) is 5.56 Å². The van der Waals surface area contributed by atoms with E-state index in [9.17, 15) is 0 Å². The third kappa shape index (κ3) is 2.03. The maximum absolute atomic E-state index is 5.09. The molecule has 1 aliphatic rings. The van der Waals surface area contributed by atoms with E-state index in [2.05, 4.69) is 46.4 Å². The topological polar surface area (TPSA) is 21.3 Å². The van der Waals surface area contributed by atoms with Crippen LogP contribution in [0, 0.1) is 6.92 Å². The number of hydrogen-bond acceptors (Lipinski definition) is 2. The van der Waals surface area contributed by atoms with E-state index in [1.807, 2.05) is 0 Å². The molecule has 1 fully saturated rings. The van der Waals surface area contributed by atoms with Crippen LogP contribution in [0.15, 0.2) is 22.7 Å². The SMILES string of the molecule is Cc1cc(NC2COC2)ccc1Br. The van der Waals surface area contributed by atoms with Crippen molar-refractivity contribution in [1.29, 1.82) is 0 Å². The minimum absolute atomic E-state index is 0.501. The number of nitrogens with one attached hydrogen (secondary N) is 1. The first kappa shape index (κ1) is 9.03. The van der Waals surface area contributed by atoms with E-state index in [1.54, 1.807) is 0 Å². The lowest BCUT2D eigenvalue weighted by atomic mass is 10.2. The van der Waals surface area contributed by atoms with Crippen LogP contribution in [-0.2, 0) is 4.74 Å². The molecule has 0 spiro atoms. The van der Waals surface area contributed by atoms with E-state index in [1.165, 1.54) is 11.3 Å². The largest absolute Gasteiger partial charge is 0.378 e. The van der Waals surface area contributed by atoms with Gasteiger partial charge in [0.1, 0.15) is 0 Å². The number of rotatable bonds is 2. The molecule has 1 N–H and O–H groups in total. The normalized spacial score (nSPS) is 16.8. The molecule has 3 heteroatoms. The first-order valence-electron chi connectivity index (χ1n) is 4.36. The highest BCUT2D eigenvalue weighted by molar-refractivity contribution is 9.10. The average molecular weight is 242 g/mol. The van der Waals surface area contributed by atoms with Crippen molar-refractivity contribution in [3.63, 3.8) is 0 Å². The summed E-state index contributed by atoms with van der Waals surface area (Å²) in [5, 5.41) is 3.40. The Morgan fingerprint density at radius 2 is 2.23 bits per heavy atom. The van der Waals surface area contributed by atoms with Crippen LogP contribution in [0.2, 0.25) is 0 Å². The van der Waals surface area contributed by atoms with Crippen molar-refractivity contribution in [3.05, 3.63) is 28.2 Å². The van der Waals surface area contributed by atoms with Gasteiger partial charge in [-0.05, 0) is 30.7 Å². The fourth-order valence-electron chi connectivity index (χ4n) is 1.29. The van der Waals surface area contributed by atoms with Crippen molar-refractivity contribution >= 4 is 21.6 Å². The molecule has 1 aromatic carbocycles. The van der Waals surface area contributed by atoms with Gasteiger partial charge in [-0.15, -0.1) is 0 Å². The molecule has 70 valence electrons. The minimum Gasteiger partial charge on any atom is -0.378 e. The minimum atomic E-state index is 0.501. The highest BCUT2D eigenvalue weighted by Crippen LogP contribution is 2.21. The van der Waals surface area contributed by atoms with E-state index < -0.39 is 0 Å². The quantitative estimate of drug-likeness (QED) is 0.860. The Balaban J connectivity index is 2.07. The second kappa shape index (κ2) is 3.68. The van der Waals surface area contributed by atoms with Crippen molar-refractivity contribution in [1.82, 2.24) is 0 Å². The van der Waals surface area contributed by atoms with Gasteiger partial charge in [0, 0.05) is 10.2 Å². The van der Waals surface area contributed by atoms with Crippen molar-refractivity contribution in [2.45, 2.75) is 13.0 Å². The molecule has 0 radical (unpaired) electrons. The number of anilines is 1. The highest BCUT2D eigenvalue weighted by Gasteiger charge is 2.17. The Hall–Kier alpha value is -0.540. The van der Waals surface area contributed by atoms with E-state index >= 15 is 0 Å². The number of hydrogen-bond donors (Lipinski definition) is 1. The third-order valence-electron chi connectivity index (χ3n) is 2.17. The fourth-order valence-corrected chi connectivity index (χ4v) is 1.54. The van der Waals surface area contributed by atoms with Gasteiger partial charge in [-0.2, -0.15) is 0 Å². The van der Waals surface area contributed by atoms with Crippen molar-refractivity contribution in [2.24, 2.45) is 0 Å².